The number of nitrogens with zero attached hydrogens (tertiary/aromatic N) is 3. The first-order valence-electron chi connectivity index (χ1n) is 10.3. The first-order valence-corrected chi connectivity index (χ1v) is 10.3. The van der Waals surface area contributed by atoms with Crippen molar-refractivity contribution in [2.45, 2.75) is 32.2 Å². The van der Waals surface area contributed by atoms with Crippen LogP contribution in [0.4, 0.5) is 0 Å². The number of ether oxygens (including phenoxy) is 3. The summed E-state index contributed by atoms with van der Waals surface area (Å²) in [5.41, 5.74) is 1.72. The van der Waals surface area contributed by atoms with Crippen LogP contribution in [0.2, 0.25) is 0 Å². The highest BCUT2D eigenvalue weighted by Gasteiger charge is 2.45. The SMILES string of the molecule is COc1cc(-c2cnc3[nH]cc(C(=O)C4(C)CCCN4C(C)=O)c3n2)cc(OC)c1OC. The van der Waals surface area contributed by atoms with Crippen LogP contribution in [-0.4, -0.2) is 65.0 Å². The lowest BCUT2D eigenvalue weighted by atomic mass is 9.89. The van der Waals surface area contributed by atoms with E-state index in [4.69, 9.17) is 19.2 Å². The Hall–Kier alpha value is -3.62. The molecule has 0 radical (unpaired) electrons. The summed E-state index contributed by atoms with van der Waals surface area (Å²) in [5.74, 6) is 1.20. The van der Waals surface area contributed by atoms with Crippen molar-refractivity contribution in [1.29, 1.82) is 0 Å². The van der Waals surface area contributed by atoms with E-state index in [9.17, 15) is 9.59 Å². The van der Waals surface area contributed by atoms with E-state index in [-0.39, 0.29) is 11.7 Å². The summed E-state index contributed by atoms with van der Waals surface area (Å²) in [4.78, 5) is 39.5. The molecule has 1 amide bonds. The van der Waals surface area contributed by atoms with Crippen molar-refractivity contribution in [2.75, 3.05) is 27.9 Å². The molecule has 32 heavy (non-hydrogen) atoms. The highest BCUT2D eigenvalue weighted by Crippen LogP contribution is 2.41. The molecule has 1 atom stereocenters. The molecule has 1 saturated heterocycles. The van der Waals surface area contributed by atoms with Gasteiger partial charge in [-0.25, -0.2) is 9.97 Å². The largest absolute Gasteiger partial charge is 0.493 e. The summed E-state index contributed by atoms with van der Waals surface area (Å²) in [6.45, 7) is 3.88. The van der Waals surface area contributed by atoms with Crippen LogP contribution in [-0.2, 0) is 4.79 Å². The lowest BCUT2D eigenvalue weighted by Crippen LogP contribution is -2.50. The van der Waals surface area contributed by atoms with Crippen molar-refractivity contribution in [3.8, 4) is 28.5 Å². The first-order chi connectivity index (χ1) is 15.3. The number of nitrogens with one attached hydrogen (secondary N) is 1. The van der Waals surface area contributed by atoms with E-state index in [1.54, 1.807) is 43.6 Å². The van der Waals surface area contributed by atoms with Gasteiger partial charge in [-0.1, -0.05) is 0 Å². The predicted octanol–water partition coefficient (Wildman–Crippen LogP) is 3.23. The van der Waals surface area contributed by atoms with Gasteiger partial charge in [-0.2, -0.15) is 0 Å². The molecule has 168 valence electrons. The topological polar surface area (TPSA) is 107 Å². The van der Waals surface area contributed by atoms with Crippen LogP contribution in [0.15, 0.2) is 24.5 Å². The number of Topliss-reactive ketones (excluding diaryl/α,β-unsaturated/α-hetero) is 1. The molecular formula is C23H26N4O5. The monoisotopic (exact) mass is 438 g/mol. The molecule has 0 bridgehead atoms. The van der Waals surface area contributed by atoms with Crippen LogP contribution < -0.4 is 14.2 Å². The van der Waals surface area contributed by atoms with Gasteiger partial charge in [0.25, 0.3) is 0 Å². The lowest BCUT2D eigenvalue weighted by Gasteiger charge is -2.32. The Morgan fingerprint density at radius 2 is 1.81 bits per heavy atom. The number of benzene rings is 1. The van der Waals surface area contributed by atoms with Crippen LogP contribution in [0.1, 0.15) is 37.0 Å². The summed E-state index contributed by atoms with van der Waals surface area (Å²) in [5, 5.41) is 0. The molecule has 1 unspecified atom stereocenters. The number of amides is 1. The third-order valence-corrected chi connectivity index (χ3v) is 6.10. The number of hydrogen-bond acceptors (Lipinski definition) is 7. The first kappa shape index (κ1) is 21.6. The van der Waals surface area contributed by atoms with Gasteiger partial charge in [0, 0.05) is 25.2 Å². The number of rotatable bonds is 6. The second kappa shape index (κ2) is 8.14. The second-order valence-corrected chi connectivity index (χ2v) is 7.95. The van der Waals surface area contributed by atoms with Gasteiger partial charge in [0.05, 0.1) is 38.8 Å². The fraction of sp³-hybridized carbons (Fsp3) is 0.391. The lowest BCUT2D eigenvalue weighted by molar-refractivity contribution is -0.131. The molecule has 0 spiro atoms. The smallest absolute Gasteiger partial charge is 0.220 e. The van der Waals surface area contributed by atoms with Gasteiger partial charge in [-0.05, 0) is 31.9 Å². The quantitative estimate of drug-likeness (QED) is 0.589. The number of H-pyrrole nitrogens is 1. The third-order valence-electron chi connectivity index (χ3n) is 6.10. The Labute approximate surface area is 185 Å². The van der Waals surface area contributed by atoms with Gasteiger partial charge in [0.2, 0.25) is 11.7 Å². The van der Waals surface area contributed by atoms with E-state index in [0.29, 0.717) is 58.2 Å². The zero-order valence-corrected chi connectivity index (χ0v) is 18.8. The average molecular weight is 438 g/mol. The summed E-state index contributed by atoms with van der Waals surface area (Å²) in [6.07, 6.45) is 4.63. The zero-order chi connectivity index (χ0) is 23.0. The van der Waals surface area contributed by atoms with E-state index in [1.807, 2.05) is 6.92 Å². The minimum Gasteiger partial charge on any atom is -0.493 e. The van der Waals surface area contributed by atoms with Crippen molar-refractivity contribution < 1.29 is 23.8 Å². The van der Waals surface area contributed by atoms with E-state index < -0.39 is 5.54 Å². The van der Waals surface area contributed by atoms with E-state index in [2.05, 4.69) is 9.97 Å². The van der Waals surface area contributed by atoms with Crippen LogP contribution in [0.5, 0.6) is 17.2 Å². The molecule has 9 heteroatoms. The molecule has 9 nitrogen and oxygen atoms in total. The number of fused-ring (bicyclic) bond motifs is 1. The number of methoxy groups -OCH3 is 3. The molecule has 0 saturated carbocycles. The van der Waals surface area contributed by atoms with Crippen LogP contribution in [0, 0.1) is 0 Å². The van der Waals surface area contributed by atoms with E-state index in [0.717, 1.165) is 6.42 Å². The van der Waals surface area contributed by atoms with Crippen molar-refractivity contribution in [1.82, 2.24) is 19.9 Å². The normalized spacial score (nSPS) is 18.1. The fourth-order valence-electron chi connectivity index (χ4n) is 4.43. The molecule has 1 aliphatic heterocycles. The highest BCUT2D eigenvalue weighted by molar-refractivity contribution is 6.12. The summed E-state index contributed by atoms with van der Waals surface area (Å²) >= 11 is 0. The average Bonchev–Trinajstić information content (AvgIpc) is 3.41. The van der Waals surface area contributed by atoms with Crippen LogP contribution in [0.3, 0.4) is 0 Å². The van der Waals surface area contributed by atoms with Crippen molar-refractivity contribution in [2.24, 2.45) is 0 Å². The predicted molar refractivity (Wildman–Crippen MR) is 118 cm³/mol. The third kappa shape index (κ3) is 3.34. The van der Waals surface area contributed by atoms with Gasteiger partial charge >= 0.3 is 0 Å². The molecule has 1 N–H and O–H groups in total. The Balaban J connectivity index is 1.81. The number of carbonyl (C=O) groups is 2. The number of aromatic amines is 1. The maximum absolute atomic E-state index is 13.6. The molecule has 0 aliphatic carbocycles. The standard InChI is InChI=1S/C23H26N4O5/c1-13(28)27-8-6-7-23(27,2)21(29)15-11-24-22-19(15)26-16(12-25-22)14-9-17(30-3)20(32-5)18(10-14)31-4/h9-12H,6-8H2,1-5H3,(H,24,25). The van der Waals surface area contributed by atoms with Gasteiger partial charge in [0.15, 0.2) is 22.9 Å². The Kier molecular flexibility index (Phi) is 5.50. The second-order valence-electron chi connectivity index (χ2n) is 7.95. The molecule has 4 rings (SSSR count). The number of carbonyl (C=O) groups excluding carboxylic acids is 2. The Bertz CT molecular complexity index is 1180. The zero-order valence-electron chi connectivity index (χ0n) is 18.8. The summed E-state index contributed by atoms with van der Waals surface area (Å²) in [7, 11) is 4.63. The van der Waals surface area contributed by atoms with E-state index in [1.165, 1.54) is 14.0 Å². The number of hydrogen-bond donors (Lipinski definition) is 1. The highest BCUT2D eigenvalue weighted by atomic mass is 16.5. The summed E-state index contributed by atoms with van der Waals surface area (Å²) in [6, 6.07) is 3.56. The molecule has 2 aromatic heterocycles. The molecule has 3 aromatic rings. The summed E-state index contributed by atoms with van der Waals surface area (Å²) < 4.78 is 16.3. The molecule has 1 aromatic carbocycles. The van der Waals surface area contributed by atoms with Crippen molar-refractivity contribution >= 4 is 22.9 Å². The number of likely N-dealkylation sites (tertiary alicyclic amines) is 1. The molecule has 1 aliphatic rings. The Morgan fingerprint density at radius 3 is 2.41 bits per heavy atom. The molecule has 3 heterocycles. The number of ketones is 1. The van der Waals surface area contributed by atoms with Crippen LogP contribution in [0.25, 0.3) is 22.4 Å². The maximum Gasteiger partial charge on any atom is 0.220 e. The minimum absolute atomic E-state index is 0.109. The van der Waals surface area contributed by atoms with Crippen molar-refractivity contribution in [3.05, 3.63) is 30.1 Å². The molecule has 1 fully saturated rings. The van der Waals surface area contributed by atoms with Crippen LogP contribution >= 0.6 is 0 Å². The number of aromatic nitrogens is 3. The van der Waals surface area contributed by atoms with Gasteiger partial charge in [-0.3, -0.25) is 9.59 Å². The maximum atomic E-state index is 13.6. The minimum atomic E-state index is -0.898. The molecular weight excluding hydrogens is 412 g/mol. The van der Waals surface area contributed by atoms with Gasteiger partial charge < -0.3 is 24.1 Å². The van der Waals surface area contributed by atoms with Gasteiger partial charge in [0.1, 0.15) is 11.1 Å². The van der Waals surface area contributed by atoms with Gasteiger partial charge in [-0.15, -0.1) is 0 Å². The van der Waals surface area contributed by atoms with Crippen molar-refractivity contribution in [3.63, 3.8) is 0 Å². The van der Waals surface area contributed by atoms with E-state index >= 15 is 0 Å². The fourth-order valence-corrected chi connectivity index (χ4v) is 4.43. The Morgan fingerprint density at radius 1 is 1.12 bits per heavy atom.